The van der Waals surface area contributed by atoms with Crippen molar-refractivity contribution >= 4 is 14.7 Å². The number of carbonyl (C=O) groups is 1. The van der Waals surface area contributed by atoms with E-state index in [-0.39, 0.29) is 16.4 Å². The molecule has 18 heavy (non-hydrogen) atoms. The highest BCUT2D eigenvalue weighted by Gasteiger charge is 2.46. The molecule has 1 aliphatic carbocycles. The minimum Gasteiger partial charge on any atom is -0.318 e. The van der Waals surface area contributed by atoms with Gasteiger partial charge in [0.2, 0.25) is 5.91 Å². The van der Waals surface area contributed by atoms with Crippen molar-refractivity contribution in [1.82, 2.24) is 4.90 Å². The third-order valence-electron chi connectivity index (χ3n) is 5.08. The van der Waals surface area contributed by atoms with Crippen molar-refractivity contribution in [3.05, 3.63) is 23.9 Å². The van der Waals surface area contributed by atoms with E-state index in [4.69, 9.17) is 0 Å². The molecule has 1 amide bonds. The number of amides is 1. The first kappa shape index (κ1) is 15.2. The minimum absolute atomic E-state index is 0.102. The monoisotopic (exact) mass is 265 g/mol. The first-order chi connectivity index (χ1) is 8.12. The van der Waals surface area contributed by atoms with Crippen molar-refractivity contribution in [2.45, 2.75) is 52.2 Å². The summed E-state index contributed by atoms with van der Waals surface area (Å²) < 4.78 is 0. The predicted molar refractivity (Wildman–Crippen MR) is 81.3 cm³/mol. The van der Waals surface area contributed by atoms with E-state index in [9.17, 15) is 4.79 Å². The molecule has 0 bridgehead atoms. The standard InChI is InChI=1S/C15H27NOSi/c1-14(2,15(3,4)18(6)7)13(17)16(5)12-10-8-9-11-12/h8-10,18H,11H2,1-7H3. The van der Waals surface area contributed by atoms with Crippen LogP contribution in [0.25, 0.3) is 0 Å². The summed E-state index contributed by atoms with van der Waals surface area (Å²) >= 11 is 0. The van der Waals surface area contributed by atoms with Crippen LogP contribution in [0, 0.1) is 5.41 Å². The van der Waals surface area contributed by atoms with Gasteiger partial charge in [-0.3, -0.25) is 4.79 Å². The molecule has 0 saturated carbocycles. The van der Waals surface area contributed by atoms with Crippen molar-refractivity contribution < 1.29 is 4.79 Å². The van der Waals surface area contributed by atoms with Crippen LogP contribution in [0.5, 0.6) is 0 Å². The largest absolute Gasteiger partial charge is 0.318 e. The van der Waals surface area contributed by atoms with Gasteiger partial charge >= 0.3 is 0 Å². The maximum absolute atomic E-state index is 12.8. The van der Waals surface area contributed by atoms with Crippen LogP contribution in [0.3, 0.4) is 0 Å². The number of allylic oxidation sites excluding steroid dienone is 3. The van der Waals surface area contributed by atoms with Gasteiger partial charge in [0, 0.05) is 33.4 Å². The smallest absolute Gasteiger partial charge is 0.232 e. The molecule has 0 aromatic carbocycles. The van der Waals surface area contributed by atoms with E-state index in [0.717, 1.165) is 12.1 Å². The molecular formula is C15H27NOSi. The molecule has 0 radical (unpaired) electrons. The van der Waals surface area contributed by atoms with Crippen molar-refractivity contribution in [3.63, 3.8) is 0 Å². The molecule has 0 atom stereocenters. The highest BCUT2D eigenvalue weighted by molar-refractivity contribution is 6.59. The van der Waals surface area contributed by atoms with Crippen molar-refractivity contribution in [2.75, 3.05) is 7.05 Å². The molecule has 1 aliphatic rings. The Morgan fingerprint density at radius 3 is 2.22 bits per heavy atom. The number of rotatable bonds is 4. The first-order valence-corrected chi connectivity index (χ1v) is 9.65. The van der Waals surface area contributed by atoms with Crippen molar-refractivity contribution in [3.8, 4) is 0 Å². The molecule has 1 rings (SSSR count). The Hall–Kier alpha value is -0.833. The maximum Gasteiger partial charge on any atom is 0.232 e. The van der Waals surface area contributed by atoms with Crippen molar-refractivity contribution in [2.24, 2.45) is 5.41 Å². The summed E-state index contributed by atoms with van der Waals surface area (Å²) in [4.78, 5) is 14.6. The highest BCUT2D eigenvalue weighted by Crippen LogP contribution is 2.48. The Balaban J connectivity index is 2.95. The first-order valence-electron chi connectivity index (χ1n) is 6.76. The van der Waals surface area contributed by atoms with Gasteiger partial charge < -0.3 is 4.90 Å². The summed E-state index contributed by atoms with van der Waals surface area (Å²) in [5.41, 5.74) is 0.792. The van der Waals surface area contributed by atoms with Gasteiger partial charge in [0.15, 0.2) is 0 Å². The molecule has 102 valence electrons. The number of carbonyl (C=O) groups excluding carboxylic acids is 1. The van der Waals surface area contributed by atoms with Crippen LogP contribution < -0.4 is 0 Å². The molecule has 0 aliphatic heterocycles. The quantitative estimate of drug-likeness (QED) is 0.712. The second-order valence-corrected chi connectivity index (χ2v) is 10.4. The minimum atomic E-state index is -0.918. The molecule has 2 nitrogen and oxygen atoms in total. The van der Waals surface area contributed by atoms with Crippen LogP contribution in [0.1, 0.15) is 34.1 Å². The molecule has 3 heteroatoms. The van der Waals surface area contributed by atoms with Gasteiger partial charge in [0.1, 0.15) is 0 Å². The van der Waals surface area contributed by atoms with E-state index in [2.05, 4.69) is 46.9 Å². The fraction of sp³-hybridized carbons (Fsp3) is 0.667. The van der Waals surface area contributed by atoms with Crippen LogP contribution in [0.4, 0.5) is 0 Å². The Morgan fingerprint density at radius 1 is 1.28 bits per heavy atom. The van der Waals surface area contributed by atoms with E-state index >= 15 is 0 Å². The van der Waals surface area contributed by atoms with Gasteiger partial charge in [-0.05, 0) is 11.1 Å². The second kappa shape index (κ2) is 5.04. The summed E-state index contributed by atoms with van der Waals surface area (Å²) in [6.45, 7) is 13.3. The predicted octanol–water partition coefficient (Wildman–Crippen LogP) is 3.58. The third kappa shape index (κ3) is 2.46. The zero-order chi connectivity index (χ0) is 14.1. The van der Waals surface area contributed by atoms with Gasteiger partial charge in [-0.2, -0.15) is 0 Å². The van der Waals surface area contributed by atoms with Gasteiger partial charge in [-0.1, -0.05) is 52.9 Å². The molecular weight excluding hydrogens is 238 g/mol. The maximum atomic E-state index is 12.8. The average Bonchev–Trinajstić information content (AvgIpc) is 2.79. The van der Waals surface area contributed by atoms with E-state index < -0.39 is 8.80 Å². The lowest BCUT2D eigenvalue weighted by Gasteiger charge is -2.45. The Morgan fingerprint density at radius 2 is 1.83 bits per heavy atom. The summed E-state index contributed by atoms with van der Waals surface area (Å²) in [6, 6.07) is 0. The number of hydrogen-bond acceptors (Lipinski definition) is 1. The summed E-state index contributed by atoms with van der Waals surface area (Å²) in [7, 11) is 0.986. The van der Waals surface area contributed by atoms with Crippen LogP contribution in [-0.4, -0.2) is 26.7 Å². The molecule has 0 aromatic rings. The van der Waals surface area contributed by atoms with E-state index in [1.807, 2.05) is 24.1 Å². The third-order valence-corrected chi connectivity index (χ3v) is 8.68. The van der Waals surface area contributed by atoms with Crippen LogP contribution in [0.2, 0.25) is 18.1 Å². The van der Waals surface area contributed by atoms with E-state index in [1.54, 1.807) is 0 Å². The molecule has 0 heterocycles. The normalized spacial score (nSPS) is 16.1. The fourth-order valence-corrected chi connectivity index (χ4v) is 3.80. The number of nitrogens with zero attached hydrogens (tertiary/aromatic N) is 1. The average molecular weight is 265 g/mol. The van der Waals surface area contributed by atoms with Crippen molar-refractivity contribution in [1.29, 1.82) is 0 Å². The summed E-state index contributed by atoms with van der Waals surface area (Å²) in [5, 5.41) is 0.102. The zero-order valence-corrected chi connectivity index (χ0v) is 14.0. The van der Waals surface area contributed by atoms with E-state index in [1.165, 1.54) is 0 Å². The van der Waals surface area contributed by atoms with Crippen LogP contribution in [0.15, 0.2) is 23.9 Å². The Kier molecular flexibility index (Phi) is 4.26. The van der Waals surface area contributed by atoms with Gasteiger partial charge in [-0.25, -0.2) is 0 Å². The SMILES string of the molecule is CN(C(=O)C(C)(C)C(C)(C)[SiH](C)C)C1=CC=CC1. The molecule has 0 spiro atoms. The summed E-state index contributed by atoms with van der Waals surface area (Å²) in [6.07, 6.45) is 7.02. The van der Waals surface area contributed by atoms with E-state index in [0.29, 0.717) is 0 Å². The molecule has 0 unspecified atom stereocenters. The van der Waals surface area contributed by atoms with Crippen LogP contribution >= 0.6 is 0 Å². The highest BCUT2D eigenvalue weighted by atomic mass is 28.3. The fourth-order valence-electron chi connectivity index (χ4n) is 2.23. The summed E-state index contributed by atoms with van der Waals surface area (Å²) in [5.74, 6) is 0.239. The lowest BCUT2D eigenvalue weighted by atomic mass is 9.78. The van der Waals surface area contributed by atoms with Gasteiger partial charge in [-0.15, -0.1) is 0 Å². The second-order valence-electron chi connectivity index (χ2n) is 6.66. The molecule has 0 saturated heterocycles. The lowest BCUT2D eigenvalue weighted by molar-refractivity contribution is -0.139. The molecule has 0 N–H and O–H groups in total. The lowest BCUT2D eigenvalue weighted by Crippen LogP contribution is -2.47. The molecule has 0 fully saturated rings. The van der Waals surface area contributed by atoms with Crippen LogP contribution in [-0.2, 0) is 4.79 Å². The molecule has 0 aromatic heterocycles. The van der Waals surface area contributed by atoms with Gasteiger partial charge in [0.05, 0.1) is 0 Å². The number of hydrogen-bond donors (Lipinski definition) is 0. The Bertz CT molecular complexity index is 391. The zero-order valence-electron chi connectivity index (χ0n) is 12.9. The van der Waals surface area contributed by atoms with Gasteiger partial charge in [0.25, 0.3) is 0 Å². The Labute approximate surface area is 113 Å². The topological polar surface area (TPSA) is 20.3 Å².